The van der Waals surface area contributed by atoms with Gasteiger partial charge in [-0.05, 0) is 12.8 Å². The van der Waals surface area contributed by atoms with Gasteiger partial charge in [0.25, 0.3) is 0 Å². The van der Waals surface area contributed by atoms with Crippen molar-refractivity contribution >= 4 is 11.6 Å². The number of aromatic nitrogens is 2. The van der Waals surface area contributed by atoms with E-state index in [2.05, 4.69) is 28.7 Å². The Balaban J connectivity index is 2.77. The molecular weight excluding hydrogens is 228 g/mol. The predicted octanol–water partition coefficient (Wildman–Crippen LogP) is 2.08. The maximum absolute atomic E-state index is 5.80. The fraction of sp³-hybridized carbons (Fsp3) is 0.692. The SMILES string of the molecule is CCOCc1nc(N)cc(N(C)CC(C)CC)n1. The fourth-order valence-corrected chi connectivity index (χ4v) is 1.65. The van der Waals surface area contributed by atoms with E-state index in [1.165, 1.54) is 0 Å². The van der Waals surface area contributed by atoms with Gasteiger partial charge in [-0.1, -0.05) is 20.3 Å². The normalized spacial score (nSPS) is 12.4. The first-order valence-corrected chi connectivity index (χ1v) is 6.49. The summed E-state index contributed by atoms with van der Waals surface area (Å²) in [4.78, 5) is 10.7. The molecule has 5 nitrogen and oxygen atoms in total. The van der Waals surface area contributed by atoms with Crippen LogP contribution >= 0.6 is 0 Å². The quantitative estimate of drug-likeness (QED) is 0.805. The molecular formula is C13H24N4O. The van der Waals surface area contributed by atoms with Gasteiger partial charge in [0.15, 0.2) is 5.82 Å². The number of ether oxygens (including phenoxy) is 1. The molecule has 1 aromatic rings. The molecule has 2 N–H and O–H groups in total. The van der Waals surface area contributed by atoms with Gasteiger partial charge in [-0.15, -0.1) is 0 Å². The van der Waals surface area contributed by atoms with Crippen molar-refractivity contribution in [3.63, 3.8) is 0 Å². The molecule has 0 saturated carbocycles. The van der Waals surface area contributed by atoms with Gasteiger partial charge < -0.3 is 15.4 Å². The largest absolute Gasteiger partial charge is 0.384 e. The standard InChI is InChI=1S/C13H24N4O/c1-5-10(3)8-17(4)13-7-11(14)15-12(16-13)9-18-6-2/h7,10H,5-6,8-9H2,1-4H3,(H2,14,15,16). The Morgan fingerprint density at radius 2 is 2.11 bits per heavy atom. The summed E-state index contributed by atoms with van der Waals surface area (Å²) in [6.45, 7) is 8.38. The molecule has 0 amide bonds. The summed E-state index contributed by atoms with van der Waals surface area (Å²) in [6.07, 6.45) is 1.15. The molecule has 0 aliphatic heterocycles. The molecule has 1 rings (SSSR count). The Hall–Kier alpha value is -1.36. The lowest BCUT2D eigenvalue weighted by molar-refractivity contribution is 0.128. The molecule has 0 radical (unpaired) electrons. The Kier molecular flexibility index (Phi) is 5.85. The summed E-state index contributed by atoms with van der Waals surface area (Å²) >= 11 is 0. The first-order valence-electron chi connectivity index (χ1n) is 6.49. The molecule has 0 spiro atoms. The number of nitrogens with zero attached hydrogens (tertiary/aromatic N) is 3. The van der Waals surface area contributed by atoms with Crippen LogP contribution in [0.4, 0.5) is 11.6 Å². The van der Waals surface area contributed by atoms with Crippen molar-refractivity contribution in [1.82, 2.24) is 9.97 Å². The molecule has 1 unspecified atom stereocenters. The van der Waals surface area contributed by atoms with Gasteiger partial charge in [0.05, 0.1) is 0 Å². The lowest BCUT2D eigenvalue weighted by Gasteiger charge is -2.22. The molecule has 0 aliphatic rings. The Labute approximate surface area is 109 Å². The Morgan fingerprint density at radius 1 is 1.39 bits per heavy atom. The second kappa shape index (κ2) is 7.16. The van der Waals surface area contributed by atoms with Crippen LogP contribution in [0.25, 0.3) is 0 Å². The molecule has 18 heavy (non-hydrogen) atoms. The molecule has 1 aromatic heterocycles. The van der Waals surface area contributed by atoms with Crippen molar-refractivity contribution in [1.29, 1.82) is 0 Å². The van der Waals surface area contributed by atoms with E-state index in [1.54, 1.807) is 6.07 Å². The van der Waals surface area contributed by atoms with E-state index in [4.69, 9.17) is 10.5 Å². The molecule has 1 atom stereocenters. The van der Waals surface area contributed by atoms with E-state index in [9.17, 15) is 0 Å². The number of nitrogen functional groups attached to an aromatic ring is 1. The van der Waals surface area contributed by atoms with Crippen molar-refractivity contribution < 1.29 is 4.74 Å². The number of rotatable bonds is 7. The minimum absolute atomic E-state index is 0.408. The summed E-state index contributed by atoms with van der Waals surface area (Å²) in [7, 11) is 2.03. The maximum atomic E-state index is 5.80. The van der Waals surface area contributed by atoms with Gasteiger partial charge in [-0.3, -0.25) is 0 Å². The summed E-state index contributed by atoms with van der Waals surface area (Å²) in [5.41, 5.74) is 5.80. The minimum atomic E-state index is 0.408. The topological polar surface area (TPSA) is 64.3 Å². The van der Waals surface area contributed by atoms with Crippen LogP contribution in [0.1, 0.15) is 33.0 Å². The average Bonchev–Trinajstić information content (AvgIpc) is 2.35. The monoisotopic (exact) mass is 252 g/mol. The van der Waals surface area contributed by atoms with E-state index >= 15 is 0 Å². The molecule has 0 fully saturated rings. The van der Waals surface area contributed by atoms with Crippen molar-refractivity contribution in [2.24, 2.45) is 5.92 Å². The van der Waals surface area contributed by atoms with Gasteiger partial charge in [0.1, 0.15) is 18.2 Å². The molecule has 0 aromatic carbocycles. The Morgan fingerprint density at radius 3 is 2.72 bits per heavy atom. The lowest BCUT2D eigenvalue weighted by atomic mass is 10.1. The van der Waals surface area contributed by atoms with Gasteiger partial charge >= 0.3 is 0 Å². The van der Waals surface area contributed by atoms with Crippen LogP contribution in [-0.4, -0.2) is 30.2 Å². The first-order chi connectivity index (χ1) is 8.56. The summed E-state index contributed by atoms with van der Waals surface area (Å²) in [5.74, 6) is 2.62. The van der Waals surface area contributed by atoms with Gasteiger partial charge in [-0.25, -0.2) is 9.97 Å². The zero-order valence-corrected chi connectivity index (χ0v) is 11.8. The zero-order valence-electron chi connectivity index (χ0n) is 11.8. The third-order valence-corrected chi connectivity index (χ3v) is 2.89. The summed E-state index contributed by atoms with van der Waals surface area (Å²) in [5, 5.41) is 0. The zero-order chi connectivity index (χ0) is 13.5. The van der Waals surface area contributed by atoms with Crippen LogP contribution in [0.3, 0.4) is 0 Å². The lowest BCUT2D eigenvalue weighted by Crippen LogP contribution is -2.25. The van der Waals surface area contributed by atoms with Gasteiger partial charge in [0.2, 0.25) is 0 Å². The molecule has 5 heteroatoms. The van der Waals surface area contributed by atoms with E-state index in [0.717, 1.165) is 18.8 Å². The van der Waals surface area contributed by atoms with Crippen LogP contribution in [0, 0.1) is 5.92 Å². The van der Waals surface area contributed by atoms with Crippen molar-refractivity contribution in [2.45, 2.75) is 33.8 Å². The smallest absolute Gasteiger partial charge is 0.158 e. The van der Waals surface area contributed by atoms with Crippen LogP contribution < -0.4 is 10.6 Å². The predicted molar refractivity (Wildman–Crippen MR) is 74.5 cm³/mol. The average molecular weight is 252 g/mol. The highest BCUT2D eigenvalue weighted by Gasteiger charge is 2.09. The highest BCUT2D eigenvalue weighted by Crippen LogP contribution is 2.15. The van der Waals surface area contributed by atoms with E-state index < -0.39 is 0 Å². The summed E-state index contributed by atoms with van der Waals surface area (Å²) < 4.78 is 5.31. The number of anilines is 2. The highest BCUT2D eigenvalue weighted by atomic mass is 16.5. The maximum Gasteiger partial charge on any atom is 0.158 e. The molecule has 102 valence electrons. The van der Waals surface area contributed by atoms with Crippen molar-refractivity contribution in [2.75, 3.05) is 30.8 Å². The van der Waals surface area contributed by atoms with Crippen LogP contribution in [-0.2, 0) is 11.3 Å². The molecule has 0 saturated heterocycles. The molecule has 0 bridgehead atoms. The minimum Gasteiger partial charge on any atom is -0.384 e. The second-order valence-corrected chi connectivity index (χ2v) is 4.60. The third-order valence-electron chi connectivity index (χ3n) is 2.89. The van der Waals surface area contributed by atoms with Gasteiger partial charge in [-0.2, -0.15) is 0 Å². The highest BCUT2D eigenvalue weighted by molar-refractivity contribution is 5.46. The van der Waals surface area contributed by atoms with Gasteiger partial charge in [0, 0.05) is 26.3 Å². The van der Waals surface area contributed by atoms with Crippen molar-refractivity contribution in [3.8, 4) is 0 Å². The van der Waals surface area contributed by atoms with Crippen LogP contribution in [0.15, 0.2) is 6.07 Å². The number of hydrogen-bond donors (Lipinski definition) is 1. The van der Waals surface area contributed by atoms with Crippen LogP contribution in [0.2, 0.25) is 0 Å². The third kappa shape index (κ3) is 4.49. The Bertz CT molecular complexity index is 370. The fourth-order valence-electron chi connectivity index (χ4n) is 1.65. The first kappa shape index (κ1) is 14.7. The van der Waals surface area contributed by atoms with E-state index in [-0.39, 0.29) is 0 Å². The van der Waals surface area contributed by atoms with E-state index in [0.29, 0.717) is 30.8 Å². The number of hydrogen-bond acceptors (Lipinski definition) is 5. The molecule has 0 aliphatic carbocycles. The summed E-state index contributed by atoms with van der Waals surface area (Å²) in [6, 6.07) is 1.80. The van der Waals surface area contributed by atoms with Crippen molar-refractivity contribution in [3.05, 3.63) is 11.9 Å². The van der Waals surface area contributed by atoms with E-state index in [1.807, 2.05) is 14.0 Å². The molecule has 1 heterocycles. The number of nitrogens with two attached hydrogens (primary N) is 1. The van der Waals surface area contributed by atoms with Crippen LogP contribution in [0.5, 0.6) is 0 Å². The second-order valence-electron chi connectivity index (χ2n) is 4.60.